The molecular weight excluding hydrogens is 571 g/mol. The summed E-state index contributed by atoms with van der Waals surface area (Å²) >= 11 is 2.30. The molecule has 4 aromatic rings. The summed E-state index contributed by atoms with van der Waals surface area (Å²) in [5, 5.41) is 14.5. The predicted molar refractivity (Wildman–Crippen MR) is 145 cm³/mol. The van der Waals surface area contributed by atoms with Crippen molar-refractivity contribution in [1.29, 1.82) is 0 Å². The van der Waals surface area contributed by atoms with Gasteiger partial charge in [0.15, 0.2) is 6.23 Å². The molecule has 3 aromatic heterocycles. The average Bonchev–Trinajstić information content (AvgIpc) is 3.52. The van der Waals surface area contributed by atoms with E-state index in [0.717, 1.165) is 62.9 Å². The number of rotatable bonds is 8. The molecule has 0 amide bonds. The number of benzene rings is 1. The molecule has 4 heterocycles. The molecule has 1 unspecified atom stereocenters. The first-order valence-electron chi connectivity index (χ1n) is 12.0. The van der Waals surface area contributed by atoms with Gasteiger partial charge in [-0.15, -0.1) is 6.42 Å². The Balaban J connectivity index is 1.31. The topological polar surface area (TPSA) is 81.2 Å². The maximum absolute atomic E-state index is 6.11. The van der Waals surface area contributed by atoms with Crippen LogP contribution in [0.2, 0.25) is 0 Å². The van der Waals surface area contributed by atoms with E-state index in [1.54, 1.807) is 4.68 Å². The third-order valence-corrected chi connectivity index (χ3v) is 7.84. The highest BCUT2D eigenvalue weighted by Gasteiger charge is 2.22. The highest BCUT2D eigenvalue weighted by molar-refractivity contribution is 14.1. The van der Waals surface area contributed by atoms with Crippen molar-refractivity contribution < 1.29 is 14.2 Å². The third kappa shape index (κ3) is 4.75. The number of nitrogens with zero attached hydrogens (tertiary/aromatic N) is 6. The first-order valence-corrected chi connectivity index (χ1v) is 13.1. The Morgan fingerprint density at radius 1 is 1.19 bits per heavy atom. The van der Waals surface area contributed by atoms with Crippen molar-refractivity contribution in [3.8, 4) is 29.4 Å². The minimum Gasteiger partial charge on any atom is -0.475 e. The molecule has 0 spiro atoms. The van der Waals surface area contributed by atoms with Crippen LogP contribution in [-0.2, 0) is 30.2 Å². The molecule has 1 aliphatic rings. The Kier molecular flexibility index (Phi) is 7.32. The third-order valence-electron chi connectivity index (χ3n) is 6.43. The van der Waals surface area contributed by atoms with E-state index in [-0.39, 0.29) is 6.23 Å². The second kappa shape index (κ2) is 10.6. The number of terminal acetylenes is 1. The van der Waals surface area contributed by atoms with E-state index >= 15 is 0 Å². The smallest absolute Gasteiger partial charge is 0.219 e. The van der Waals surface area contributed by atoms with Crippen LogP contribution in [0.4, 0.5) is 0 Å². The van der Waals surface area contributed by atoms with Crippen molar-refractivity contribution in [1.82, 2.24) is 29.3 Å². The van der Waals surface area contributed by atoms with E-state index < -0.39 is 0 Å². The van der Waals surface area contributed by atoms with Gasteiger partial charge in [0.2, 0.25) is 5.88 Å². The minimum absolute atomic E-state index is 0.0787. The second-order valence-electron chi connectivity index (χ2n) is 8.85. The zero-order valence-corrected chi connectivity index (χ0v) is 22.9. The number of hydrogen-bond donors (Lipinski definition) is 0. The van der Waals surface area contributed by atoms with E-state index in [0.29, 0.717) is 31.4 Å². The summed E-state index contributed by atoms with van der Waals surface area (Å²) in [6.45, 7) is 4.07. The average molecular weight is 600 g/mol. The summed E-state index contributed by atoms with van der Waals surface area (Å²) in [6, 6.07) is 6.16. The molecule has 5 rings (SSSR count). The fraction of sp³-hybridized carbons (Fsp3) is 0.423. The minimum atomic E-state index is -0.0787. The lowest BCUT2D eigenvalue weighted by molar-refractivity contribution is -0.0367. The number of fused-ring (bicyclic) bond motifs is 1. The maximum atomic E-state index is 6.11. The number of aromatic nitrogens is 6. The van der Waals surface area contributed by atoms with Gasteiger partial charge in [-0.25, -0.2) is 9.36 Å². The summed E-state index contributed by atoms with van der Waals surface area (Å²) in [5.41, 5.74) is 5.51. The van der Waals surface area contributed by atoms with E-state index in [4.69, 9.17) is 20.6 Å². The molecular formula is C26H29IN6O3. The van der Waals surface area contributed by atoms with Crippen LogP contribution in [0.25, 0.3) is 22.0 Å². The molecule has 1 saturated heterocycles. The van der Waals surface area contributed by atoms with Crippen LogP contribution >= 0.6 is 22.6 Å². The van der Waals surface area contributed by atoms with Gasteiger partial charge in [0.25, 0.3) is 0 Å². The van der Waals surface area contributed by atoms with Gasteiger partial charge in [-0.3, -0.25) is 4.68 Å². The van der Waals surface area contributed by atoms with Gasteiger partial charge in [0.1, 0.15) is 12.3 Å². The van der Waals surface area contributed by atoms with Crippen molar-refractivity contribution in [2.75, 3.05) is 19.8 Å². The molecule has 1 fully saturated rings. The first kappa shape index (κ1) is 24.8. The molecule has 9 nitrogen and oxygen atoms in total. The van der Waals surface area contributed by atoms with Crippen molar-refractivity contribution >= 4 is 33.5 Å². The Morgan fingerprint density at radius 2 is 2.06 bits per heavy atom. The summed E-state index contributed by atoms with van der Waals surface area (Å²) in [5.74, 6) is 3.41. The maximum Gasteiger partial charge on any atom is 0.219 e. The van der Waals surface area contributed by atoms with Gasteiger partial charge in [-0.05, 0) is 72.4 Å². The van der Waals surface area contributed by atoms with E-state index in [2.05, 4.69) is 55.9 Å². The molecule has 0 bridgehead atoms. The Morgan fingerprint density at radius 3 is 2.78 bits per heavy atom. The van der Waals surface area contributed by atoms with Crippen LogP contribution in [0.1, 0.15) is 42.6 Å². The zero-order chi connectivity index (χ0) is 25.2. The van der Waals surface area contributed by atoms with Gasteiger partial charge in [0, 0.05) is 26.1 Å². The van der Waals surface area contributed by atoms with Gasteiger partial charge in [0.05, 0.1) is 45.4 Å². The van der Waals surface area contributed by atoms with Crippen molar-refractivity contribution in [3.05, 3.63) is 45.0 Å². The van der Waals surface area contributed by atoms with Crippen LogP contribution in [0.15, 0.2) is 24.4 Å². The van der Waals surface area contributed by atoms with Gasteiger partial charge in [-0.2, -0.15) is 15.3 Å². The molecule has 0 N–H and O–H groups in total. The standard InChI is InChI=1S/C26H29IN6O3/c1-5-21-19-14-18(9-10-22(19)33(30-21)24-8-6-7-11-35-24)20-15-28-32(4)26(20)36-13-12-34-16-23-25(27)17(2)29-31(23)3/h1,9-10,14-15,24H,6-8,11-13,16H2,2-4H3. The van der Waals surface area contributed by atoms with E-state index in [9.17, 15) is 0 Å². The van der Waals surface area contributed by atoms with Crippen molar-refractivity contribution in [2.45, 2.75) is 39.0 Å². The zero-order valence-electron chi connectivity index (χ0n) is 20.7. The largest absolute Gasteiger partial charge is 0.475 e. The number of ether oxygens (including phenoxy) is 3. The molecule has 10 heteroatoms. The molecule has 1 aliphatic heterocycles. The Hall–Kier alpha value is -2.88. The molecule has 0 saturated carbocycles. The van der Waals surface area contributed by atoms with Gasteiger partial charge < -0.3 is 14.2 Å². The SMILES string of the molecule is C#Cc1nn(C2CCCCO2)c2ccc(-c3cnn(C)c3OCCOCc3c(I)c(C)nn3C)cc12. The fourth-order valence-electron chi connectivity index (χ4n) is 4.55. The molecule has 0 aliphatic carbocycles. The molecule has 1 aromatic carbocycles. The summed E-state index contributed by atoms with van der Waals surface area (Å²) in [6.07, 6.45) is 10.7. The van der Waals surface area contributed by atoms with Gasteiger partial charge in [-0.1, -0.05) is 6.07 Å². The lowest BCUT2D eigenvalue weighted by Crippen LogP contribution is -2.19. The number of hydrogen-bond acceptors (Lipinski definition) is 6. The highest BCUT2D eigenvalue weighted by atomic mass is 127. The van der Waals surface area contributed by atoms with Crippen molar-refractivity contribution in [3.63, 3.8) is 0 Å². The van der Waals surface area contributed by atoms with Crippen LogP contribution in [0.3, 0.4) is 0 Å². The van der Waals surface area contributed by atoms with Crippen LogP contribution in [0.5, 0.6) is 5.88 Å². The lowest BCUT2D eigenvalue weighted by Gasteiger charge is -2.23. The first-order chi connectivity index (χ1) is 17.5. The highest BCUT2D eigenvalue weighted by Crippen LogP contribution is 2.34. The summed E-state index contributed by atoms with van der Waals surface area (Å²) in [7, 11) is 3.80. The summed E-state index contributed by atoms with van der Waals surface area (Å²) < 4.78 is 24.6. The Bertz CT molecular complexity index is 1420. The number of halogens is 1. The second-order valence-corrected chi connectivity index (χ2v) is 9.93. The van der Waals surface area contributed by atoms with Crippen LogP contribution < -0.4 is 4.74 Å². The lowest BCUT2D eigenvalue weighted by atomic mass is 10.1. The van der Waals surface area contributed by atoms with Gasteiger partial charge >= 0.3 is 0 Å². The predicted octanol–water partition coefficient (Wildman–Crippen LogP) is 4.36. The molecule has 0 radical (unpaired) electrons. The van der Waals surface area contributed by atoms with E-state index in [1.165, 1.54) is 0 Å². The summed E-state index contributed by atoms with van der Waals surface area (Å²) in [4.78, 5) is 0. The number of aryl methyl sites for hydroxylation is 3. The molecule has 188 valence electrons. The monoisotopic (exact) mass is 600 g/mol. The van der Waals surface area contributed by atoms with Crippen LogP contribution in [-0.4, -0.2) is 49.2 Å². The Labute approximate surface area is 223 Å². The van der Waals surface area contributed by atoms with Crippen molar-refractivity contribution in [2.24, 2.45) is 14.1 Å². The fourth-order valence-corrected chi connectivity index (χ4v) is 5.16. The quantitative estimate of drug-likeness (QED) is 0.170. The van der Waals surface area contributed by atoms with E-state index in [1.807, 2.05) is 42.6 Å². The molecule has 36 heavy (non-hydrogen) atoms. The molecule has 1 atom stereocenters. The normalized spacial score (nSPS) is 15.9. The van der Waals surface area contributed by atoms with Crippen LogP contribution in [0, 0.1) is 22.8 Å².